The molecule has 9 aromatic carbocycles. The van der Waals surface area contributed by atoms with Gasteiger partial charge in [-0.3, -0.25) is 4.79 Å². The van der Waals surface area contributed by atoms with Crippen molar-refractivity contribution in [3.63, 3.8) is 0 Å². The number of carbonyl (C=O) groups excluding carboxylic acids is 1. The summed E-state index contributed by atoms with van der Waals surface area (Å²) in [5, 5.41) is 46.9. The van der Waals surface area contributed by atoms with E-state index in [0.29, 0.717) is 5.69 Å². The summed E-state index contributed by atoms with van der Waals surface area (Å²) in [6, 6.07) is 63.5. The van der Waals surface area contributed by atoms with Gasteiger partial charge >= 0.3 is 0 Å². The molecule has 5 nitrogen and oxygen atoms in total. The molecular formula is C56H37NO4P+. The van der Waals surface area contributed by atoms with Gasteiger partial charge in [-0.25, -0.2) is 0 Å². The summed E-state index contributed by atoms with van der Waals surface area (Å²) in [6.07, 6.45) is 5.38. The number of anilines is 3. The van der Waals surface area contributed by atoms with Crippen molar-refractivity contribution in [1.29, 1.82) is 0 Å². The van der Waals surface area contributed by atoms with Crippen LogP contribution < -0.4 is 15.5 Å². The molecule has 0 saturated carbocycles. The summed E-state index contributed by atoms with van der Waals surface area (Å²) in [5.74, 6) is -0.986. The third-order valence-corrected chi connectivity index (χ3v) is 14.3. The Balaban J connectivity index is 0.975. The second-order valence-electron chi connectivity index (χ2n) is 15.6. The number of aliphatic hydroxyl groups excluding tert-OH is 2. The van der Waals surface area contributed by atoms with Gasteiger partial charge in [-0.2, -0.15) is 0 Å². The van der Waals surface area contributed by atoms with Crippen LogP contribution in [0, 0.1) is 0 Å². The van der Waals surface area contributed by atoms with E-state index in [0.717, 1.165) is 70.4 Å². The van der Waals surface area contributed by atoms with Crippen molar-refractivity contribution in [2.45, 2.75) is 0 Å². The maximum absolute atomic E-state index is 14.0. The fraction of sp³-hybridized carbons (Fsp3) is 0. The number of carbonyl (C=O) groups is 1. The number of aliphatic hydroxyl groups is 2. The van der Waals surface area contributed by atoms with Crippen molar-refractivity contribution in [2.24, 2.45) is 0 Å². The molecule has 294 valence electrons. The quantitative estimate of drug-likeness (QED) is 0.115. The number of rotatable bonds is 6. The lowest BCUT2D eigenvalue weighted by atomic mass is 9.79. The minimum absolute atomic E-state index is 0.00469. The molecule has 2 aliphatic rings. The topological polar surface area (TPSA) is 81.0 Å². The van der Waals surface area contributed by atoms with Crippen molar-refractivity contribution in [3.05, 3.63) is 235 Å². The zero-order valence-corrected chi connectivity index (χ0v) is 34.2. The van der Waals surface area contributed by atoms with Gasteiger partial charge < -0.3 is 20.2 Å². The number of hydrogen-bond acceptors (Lipinski definition) is 5. The van der Waals surface area contributed by atoms with E-state index in [2.05, 4.69) is 126 Å². The average Bonchev–Trinajstić information content (AvgIpc) is 3.30. The molecule has 11 rings (SSSR count). The third-order valence-electron chi connectivity index (χ3n) is 11.9. The fourth-order valence-electron chi connectivity index (χ4n) is 8.80. The van der Waals surface area contributed by atoms with E-state index in [1.165, 1.54) is 0 Å². The van der Waals surface area contributed by atoms with Crippen LogP contribution >= 0.6 is 7.55 Å². The van der Waals surface area contributed by atoms with Crippen LogP contribution in [0.15, 0.2) is 229 Å². The SMILES string of the molecule is O=C1C(c2ccc(N(c3ccc4ccccc4c3)c3ccc4ccccc4c3)cc2O)=C(O)/C1=C1/C=CC(=[P+](c2ccc3ccccc3c2)c2ccc3ccccc3c2)C=C1O. The van der Waals surface area contributed by atoms with Gasteiger partial charge in [0.05, 0.1) is 11.1 Å². The van der Waals surface area contributed by atoms with Crippen LogP contribution in [0.3, 0.4) is 0 Å². The van der Waals surface area contributed by atoms with Crippen LogP contribution in [0.2, 0.25) is 0 Å². The molecule has 0 radical (unpaired) electrons. The second kappa shape index (κ2) is 14.9. The highest BCUT2D eigenvalue weighted by Crippen LogP contribution is 2.46. The van der Waals surface area contributed by atoms with Crippen LogP contribution in [-0.2, 0) is 4.79 Å². The summed E-state index contributed by atoms with van der Waals surface area (Å²) in [6.45, 7) is 0. The molecule has 0 heterocycles. The van der Waals surface area contributed by atoms with Crippen LogP contribution in [0.1, 0.15) is 5.56 Å². The zero-order valence-electron chi connectivity index (χ0n) is 33.3. The van der Waals surface area contributed by atoms with E-state index in [4.69, 9.17) is 0 Å². The van der Waals surface area contributed by atoms with Crippen LogP contribution in [0.5, 0.6) is 5.75 Å². The molecule has 0 amide bonds. The highest BCUT2D eigenvalue weighted by Gasteiger charge is 2.40. The molecule has 0 aromatic heterocycles. The molecule has 0 fully saturated rings. The van der Waals surface area contributed by atoms with E-state index in [1.54, 1.807) is 24.3 Å². The number of hydrogen-bond donors (Lipinski definition) is 3. The Morgan fingerprint density at radius 1 is 0.419 bits per heavy atom. The Morgan fingerprint density at radius 3 is 1.32 bits per heavy atom. The number of allylic oxidation sites excluding steroid dienone is 5. The Bertz CT molecular complexity index is 3380. The van der Waals surface area contributed by atoms with Crippen molar-refractivity contribution in [3.8, 4) is 5.75 Å². The monoisotopic (exact) mass is 818 g/mol. The summed E-state index contributed by atoms with van der Waals surface area (Å²) < 4.78 is 0. The van der Waals surface area contributed by atoms with Gasteiger partial charge in [0.15, 0.2) is 23.4 Å². The number of ketones is 1. The number of phenols is 1. The predicted octanol–water partition coefficient (Wildman–Crippen LogP) is 12.9. The normalized spacial score (nSPS) is 15.1. The van der Waals surface area contributed by atoms with E-state index < -0.39 is 13.3 Å². The minimum atomic E-state index is -1.12. The van der Waals surface area contributed by atoms with E-state index >= 15 is 0 Å². The first kappa shape index (κ1) is 37.1. The predicted molar refractivity (Wildman–Crippen MR) is 258 cm³/mol. The minimum Gasteiger partial charge on any atom is -0.507 e. The first-order chi connectivity index (χ1) is 30.4. The Labute approximate surface area is 358 Å². The smallest absolute Gasteiger partial charge is 0.202 e. The van der Waals surface area contributed by atoms with Gasteiger partial charge in [0.1, 0.15) is 17.3 Å². The average molecular weight is 819 g/mol. The number of nitrogens with zero attached hydrogens (tertiary/aromatic N) is 1. The maximum Gasteiger partial charge on any atom is 0.202 e. The maximum atomic E-state index is 14.0. The van der Waals surface area contributed by atoms with Crippen molar-refractivity contribution in [1.82, 2.24) is 0 Å². The van der Waals surface area contributed by atoms with Crippen molar-refractivity contribution in [2.75, 3.05) is 4.90 Å². The van der Waals surface area contributed by atoms with Gasteiger partial charge in [0, 0.05) is 40.3 Å². The Kier molecular flexibility index (Phi) is 8.92. The molecule has 0 saturated heterocycles. The molecule has 0 unspecified atom stereocenters. The highest BCUT2D eigenvalue weighted by atomic mass is 31.1. The molecular weight excluding hydrogens is 782 g/mol. The van der Waals surface area contributed by atoms with E-state index in [1.807, 2.05) is 60.7 Å². The van der Waals surface area contributed by atoms with Crippen molar-refractivity contribution >= 4 is 95.0 Å². The molecule has 2 aliphatic carbocycles. The zero-order chi connectivity index (χ0) is 41.9. The fourth-order valence-corrected chi connectivity index (χ4v) is 11.2. The summed E-state index contributed by atoms with van der Waals surface area (Å²) in [7, 11) is -1.12. The van der Waals surface area contributed by atoms with Gasteiger partial charge in [0.25, 0.3) is 0 Å². The number of aromatic hydroxyl groups is 1. The molecule has 0 spiro atoms. The third kappa shape index (κ3) is 6.35. The van der Waals surface area contributed by atoms with Gasteiger partial charge in [-0.05, 0) is 128 Å². The largest absolute Gasteiger partial charge is 0.507 e. The van der Waals surface area contributed by atoms with Gasteiger partial charge in [-0.1, -0.05) is 109 Å². The standard InChI is InChI=1S/C56H36NO4P/c58-51-33-45(57(43-21-17-35-9-1-5-13-39(35)29-43)44-22-18-36-10-2-6-14-40(36)30-44)23-27-49(51)53-55(60)54(56(53)61)50-28-26-48(34-52(50)59)62(46-24-19-37-11-3-7-15-41(37)31-46)47-25-20-38-12-4-8-16-42(38)32-47/h1-34H,(H2-,58,59,60,61)/p+1. The molecule has 0 atom stereocenters. The molecule has 0 aliphatic heterocycles. The van der Waals surface area contributed by atoms with Crippen LogP contribution in [0.25, 0.3) is 48.7 Å². The number of benzene rings is 9. The summed E-state index contributed by atoms with van der Waals surface area (Å²) in [4.78, 5) is 16.1. The lowest BCUT2D eigenvalue weighted by Crippen LogP contribution is -2.24. The highest BCUT2D eigenvalue weighted by molar-refractivity contribution is 7.74. The van der Waals surface area contributed by atoms with Crippen LogP contribution in [0.4, 0.5) is 17.1 Å². The number of fused-ring (bicyclic) bond motifs is 4. The Hall–Kier alpha value is -7.98. The number of phenolic OH excluding ortho intramolecular Hbond substituents is 1. The summed E-state index contributed by atoms with van der Waals surface area (Å²) >= 11 is 0. The lowest BCUT2D eigenvalue weighted by molar-refractivity contribution is -0.111. The first-order valence-electron chi connectivity index (χ1n) is 20.5. The summed E-state index contributed by atoms with van der Waals surface area (Å²) in [5.41, 5.74) is 2.94. The number of Topliss-reactive ketones (excluding diaryl/α,β-unsaturated/α-hetero) is 1. The lowest BCUT2D eigenvalue weighted by Gasteiger charge is -2.28. The van der Waals surface area contributed by atoms with Gasteiger partial charge in [-0.15, -0.1) is 0 Å². The molecule has 6 heteroatoms. The van der Waals surface area contributed by atoms with Gasteiger partial charge in [0.2, 0.25) is 5.78 Å². The molecule has 3 N–H and O–H groups in total. The molecule has 0 bridgehead atoms. The second-order valence-corrected chi connectivity index (χ2v) is 17.8. The molecule has 62 heavy (non-hydrogen) atoms. The van der Waals surface area contributed by atoms with Crippen molar-refractivity contribution < 1.29 is 20.1 Å². The van der Waals surface area contributed by atoms with E-state index in [-0.39, 0.29) is 39.6 Å². The Morgan fingerprint density at radius 2 is 0.855 bits per heavy atom. The van der Waals surface area contributed by atoms with E-state index in [9.17, 15) is 20.1 Å². The first-order valence-corrected chi connectivity index (χ1v) is 21.8. The molecule has 9 aromatic rings. The van der Waals surface area contributed by atoms with Crippen LogP contribution in [-0.4, -0.2) is 26.4 Å².